The zero-order chi connectivity index (χ0) is 19.5. The summed E-state index contributed by atoms with van der Waals surface area (Å²) in [6, 6.07) is 17.2. The summed E-state index contributed by atoms with van der Waals surface area (Å²) in [5, 5.41) is 7.74. The monoisotopic (exact) mass is 369 g/mol. The lowest BCUT2D eigenvalue weighted by atomic mass is 10.1. The van der Waals surface area contributed by atoms with E-state index in [-0.39, 0.29) is 12.5 Å². The largest absolute Gasteiger partial charge is 0.454 e. The summed E-state index contributed by atoms with van der Waals surface area (Å²) in [6.07, 6.45) is 0.693. The summed E-state index contributed by atoms with van der Waals surface area (Å²) >= 11 is 0. The van der Waals surface area contributed by atoms with Crippen molar-refractivity contribution in [2.75, 3.05) is 18.5 Å². The van der Waals surface area contributed by atoms with Crippen LogP contribution in [-0.2, 0) is 20.7 Å². The zero-order valence-electron chi connectivity index (χ0n) is 15.1. The Hall–Kier alpha value is -3.35. The molecule has 7 nitrogen and oxygen atoms in total. The van der Waals surface area contributed by atoms with Gasteiger partial charge in [-0.1, -0.05) is 48.5 Å². The number of rotatable bonds is 8. The van der Waals surface area contributed by atoms with E-state index in [1.165, 1.54) is 6.92 Å². The third-order valence-electron chi connectivity index (χ3n) is 3.66. The molecule has 27 heavy (non-hydrogen) atoms. The van der Waals surface area contributed by atoms with Crippen LogP contribution in [-0.4, -0.2) is 37.1 Å². The lowest BCUT2D eigenvalue weighted by molar-refractivity contribution is -0.149. The van der Waals surface area contributed by atoms with Crippen molar-refractivity contribution in [3.8, 4) is 0 Å². The average Bonchev–Trinajstić information content (AvgIpc) is 2.67. The summed E-state index contributed by atoms with van der Waals surface area (Å²) in [5.74, 6) is -1.07. The van der Waals surface area contributed by atoms with Crippen LogP contribution in [0.25, 0.3) is 0 Å². The van der Waals surface area contributed by atoms with E-state index in [1.807, 2.05) is 36.4 Å². The molecule has 0 aliphatic carbocycles. The number of para-hydroxylation sites is 1. The molecule has 2 rings (SSSR count). The minimum Gasteiger partial charge on any atom is -0.454 e. The van der Waals surface area contributed by atoms with Crippen LogP contribution >= 0.6 is 0 Å². The van der Waals surface area contributed by atoms with Crippen molar-refractivity contribution in [1.29, 1.82) is 0 Å². The first-order chi connectivity index (χ1) is 13.0. The van der Waals surface area contributed by atoms with Gasteiger partial charge in [-0.25, -0.2) is 9.59 Å². The van der Waals surface area contributed by atoms with Crippen LogP contribution in [0.15, 0.2) is 60.7 Å². The molecule has 0 bridgehead atoms. The number of carbonyl (C=O) groups is 3. The van der Waals surface area contributed by atoms with Crippen molar-refractivity contribution in [1.82, 2.24) is 10.6 Å². The molecule has 0 aliphatic rings. The minimum atomic E-state index is -0.883. The first-order valence-electron chi connectivity index (χ1n) is 8.64. The quantitative estimate of drug-likeness (QED) is 0.621. The minimum absolute atomic E-state index is 0.389. The van der Waals surface area contributed by atoms with E-state index in [2.05, 4.69) is 16.0 Å². The van der Waals surface area contributed by atoms with E-state index in [0.29, 0.717) is 18.7 Å². The fourth-order valence-corrected chi connectivity index (χ4v) is 2.25. The predicted octanol–water partition coefficient (Wildman–Crippen LogP) is 2.10. The number of esters is 1. The van der Waals surface area contributed by atoms with E-state index in [0.717, 1.165) is 5.56 Å². The van der Waals surface area contributed by atoms with Gasteiger partial charge in [0.1, 0.15) is 6.04 Å². The summed E-state index contributed by atoms with van der Waals surface area (Å²) in [5.41, 5.74) is 1.71. The smallest absolute Gasteiger partial charge is 0.328 e. The summed E-state index contributed by atoms with van der Waals surface area (Å²) in [6.45, 7) is 1.55. The van der Waals surface area contributed by atoms with Gasteiger partial charge in [0.05, 0.1) is 0 Å². The third kappa shape index (κ3) is 7.60. The van der Waals surface area contributed by atoms with E-state index in [4.69, 9.17) is 4.74 Å². The first-order valence-corrected chi connectivity index (χ1v) is 8.64. The SMILES string of the molecule is C[C@H](NC(=O)Nc1ccccc1)C(=O)OCC(=O)NCCc1ccccc1. The molecule has 0 aromatic heterocycles. The Morgan fingerprint density at radius 1 is 0.963 bits per heavy atom. The van der Waals surface area contributed by atoms with Gasteiger partial charge < -0.3 is 20.7 Å². The molecule has 0 unspecified atom stereocenters. The Kier molecular flexibility index (Phi) is 7.84. The van der Waals surface area contributed by atoms with Crippen LogP contribution in [0.5, 0.6) is 0 Å². The molecule has 3 N–H and O–H groups in total. The van der Waals surface area contributed by atoms with E-state index in [1.54, 1.807) is 24.3 Å². The number of nitrogens with one attached hydrogen (secondary N) is 3. The summed E-state index contributed by atoms with van der Waals surface area (Å²) < 4.78 is 4.93. The molecule has 1 atom stereocenters. The van der Waals surface area contributed by atoms with E-state index < -0.39 is 18.0 Å². The molecule has 0 heterocycles. The number of hydrogen-bond acceptors (Lipinski definition) is 4. The number of carbonyl (C=O) groups excluding carboxylic acids is 3. The first kappa shape index (κ1) is 20.0. The zero-order valence-corrected chi connectivity index (χ0v) is 15.1. The highest BCUT2D eigenvalue weighted by Crippen LogP contribution is 2.04. The summed E-state index contributed by atoms with van der Waals surface area (Å²) in [7, 11) is 0. The van der Waals surface area contributed by atoms with Crippen LogP contribution in [0, 0.1) is 0 Å². The maximum absolute atomic E-state index is 11.9. The van der Waals surface area contributed by atoms with Crippen LogP contribution in [0.2, 0.25) is 0 Å². The fraction of sp³-hybridized carbons (Fsp3) is 0.250. The highest BCUT2D eigenvalue weighted by Gasteiger charge is 2.18. The predicted molar refractivity (Wildman–Crippen MR) is 102 cm³/mol. The van der Waals surface area contributed by atoms with Crippen molar-refractivity contribution in [2.45, 2.75) is 19.4 Å². The second-order valence-electron chi connectivity index (χ2n) is 5.88. The van der Waals surface area contributed by atoms with Crippen molar-refractivity contribution in [3.05, 3.63) is 66.2 Å². The van der Waals surface area contributed by atoms with Crippen LogP contribution in [0.1, 0.15) is 12.5 Å². The van der Waals surface area contributed by atoms with Gasteiger partial charge in [0.25, 0.3) is 5.91 Å². The van der Waals surface area contributed by atoms with Gasteiger partial charge in [0.15, 0.2) is 6.61 Å². The Balaban J connectivity index is 1.63. The summed E-state index contributed by atoms with van der Waals surface area (Å²) in [4.78, 5) is 35.5. The van der Waals surface area contributed by atoms with Crippen LogP contribution in [0.4, 0.5) is 10.5 Å². The van der Waals surface area contributed by atoms with E-state index in [9.17, 15) is 14.4 Å². The maximum Gasteiger partial charge on any atom is 0.328 e. The highest BCUT2D eigenvalue weighted by molar-refractivity contribution is 5.92. The molecule has 0 radical (unpaired) electrons. The normalized spacial score (nSPS) is 11.1. The topological polar surface area (TPSA) is 96.5 Å². The molecule has 0 saturated carbocycles. The molecule has 0 fully saturated rings. The van der Waals surface area contributed by atoms with Crippen LogP contribution in [0.3, 0.4) is 0 Å². The molecule has 0 spiro atoms. The highest BCUT2D eigenvalue weighted by atomic mass is 16.5. The van der Waals surface area contributed by atoms with Gasteiger partial charge in [-0.05, 0) is 31.0 Å². The van der Waals surface area contributed by atoms with Gasteiger partial charge in [0, 0.05) is 12.2 Å². The molecule has 7 heteroatoms. The third-order valence-corrected chi connectivity index (χ3v) is 3.66. The molecule has 0 saturated heterocycles. The lowest BCUT2D eigenvalue weighted by Gasteiger charge is -2.14. The Morgan fingerprint density at radius 2 is 1.59 bits per heavy atom. The Bertz CT molecular complexity index is 750. The van der Waals surface area contributed by atoms with Gasteiger partial charge >= 0.3 is 12.0 Å². The Labute approximate surface area is 158 Å². The maximum atomic E-state index is 11.9. The van der Waals surface area contributed by atoms with Gasteiger partial charge in [-0.3, -0.25) is 4.79 Å². The molecule has 0 aliphatic heterocycles. The van der Waals surface area contributed by atoms with E-state index >= 15 is 0 Å². The van der Waals surface area contributed by atoms with Crippen LogP contribution < -0.4 is 16.0 Å². The average molecular weight is 369 g/mol. The molecule has 2 aromatic rings. The number of benzene rings is 2. The number of amides is 3. The molecular weight excluding hydrogens is 346 g/mol. The van der Waals surface area contributed by atoms with Gasteiger partial charge in [0.2, 0.25) is 0 Å². The second-order valence-corrected chi connectivity index (χ2v) is 5.88. The van der Waals surface area contributed by atoms with Crippen molar-refractivity contribution in [3.63, 3.8) is 0 Å². The second kappa shape index (κ2) is 10.6. The molecule has 3 amide bonds. The number of hydrogen-bond donors (Lipinski definition) is 3. The number of ether oxygens (including phenoxy) is 1. The van der Waals surface area contributed by atoms with Crippen molar-refractivity contribution < 1.29 is 19.1 Å². The van der Waals surface area contributed by atoms with Gasteiger partial charge in [-0.15, -0.1) is 0 Å². The molecule has 2 aromatic carbocycles. The molecule has 142 valence electrons. The molecular formula is C20H23N3O4. The van der Waals surface area contributed by atoms with Crippen molar-refractivity contribution >= 4 is 23.6 Å². The Morgan fingerprint density at radius 3 is 2.26 bits per heavy atom. The fourth-order valence-electron chi connectivity index (χ4n) is 2.25. The lowest BCUT2D eigenvalue weighted by Crippen LogP contribution is -2.43. The van der Waals surface area contributed by atoms with Gasteiger partial charge in [-0.2, -0.15) is 0 Å². The number of urea groups is 1. The van der Waals surface area contributed by atoms with Crippen molar-refractivity contribution in [2.24, 2.45) is 0 Å². The standard InChI is InChI=1S/C20H23N3O4/c1-15(22-20(26)23-17-10-6-3-7-11-17)19(25)27-14-18(24)21-13-12-16-8-4-2-5-9-16/h2-11,15H,12-14H2,1H3,(H,21,24)(H2,22,23,26)/t15-/m0/s1. The number of anilines is 1.